The molecule has 0 unspecified atom stereocenters. The van der Waals surface area contributed by atoms with Gasteiger partial charge in [0.2, 0.25) is 0 Å². The number of hydrogen-bond donors (Lipinski definition) is 0. The molecule has 0 saturated heterocycles. The molecule has 4 nitrogen and oxygen atoms in total. The second-order valence-electron chi connectivity index (χ2n) is 6.77. The lowest BCUT2D eigenvalue weighted by atomic mass is 9.74. The van der Waals surface area contributed by atoms with Crippen LogP contribution in [0.25, 0.3) is 0 Å². The molecule has 1 saturated carbocycles. The Labute approximate surface area is 137 Å². The molecule has 1 aliphatic rings. The quantitative estimate of drug-likeness (QED) is 0.619. The summed E-state index contributed by atoms with van der Waals surface area (Å²) in [6.45, 7) is 4.96. The van der Waals surface area contributed by atoms with Gasteiger partial charge in [0.25, 0.3) is 0 Å². The summed E-state index contributed by atoms with van der Waals surface area (Å²) in [4.78, 5) is 26.5. The third kappa shape index (κ3) is 4.79. The molecule has 2 rings (SSSR count). The Balaban J connectivity index is 2.20. The van der Waals surface area contributed by atoms with Crippen LogP contribution in [0.15, 0.2) is 42.1 Å². The summed E-state index contributed by atoms with van der Waals surface area (Å²) in [6.07, 6.45) is 2.79. The largest absolute Gasteiger partial charge is 0.371 e. The van der Waals surface area contributed by atoms with Crippen molar-refractivity contribution in [2.75, 3.05) is 6.54 Å². The van der Waals surface area contributed by atoms with Crippen molar-refractivity contribution in [3.8, 4) is 6.07 Å². The number of rotatable bonds is 5. The molecule has 0 radical (unpaired) electrons. The molecule has 0 spiro atoms. The lowest BCUT2D eigenvalue weighted by Crippen LogP contribution is -2.33. The first-order valence-electron chi connectivity index (χ1n) is 7.84. The topological polar surface area (TPSA) is 61.2 Å². The highest BCUT2D eigenvalue weighted by Gasteiger charge is 2.35. The predicted octanol–water partition coefficient (Wildman–Crippen LogP) is 3.24. The summed E-state index contributed by atoms with van der Waals surface area (Å²) in [5.41, 5.74) is 1.10. The van der Waals surface area contributed by atoms with Crippen molar-refractivity contribution in [3.05, 3.63) is 47.7 Å². The van der Waals surface area contributed by atoms with E-state index in [1.165, 1.54) is 0 Å². The number of carbonyl (C=O) groups excluding carboxylic acids is 2. The zero-order valence-electron chi connectivity index (χ0n) is 13.7. The molecule has 0 aromatic heterocycles. The summed E-state index contributed by atoms with van der Waals surface area (Å²) in [7, 11) is 0. The number of allylic oxidation sites excluding steroid dienone is 1. The van der Waals surface area contributed by atoms with Gasteiger partial charge in [0.05, 0.1) is 18.1 Å². The van der Waals surface area contributed by atoms with E-state index >= 15 is 0 Å². The van der Waals surface area contributed by atoms with Crippen molar-refractivity contribution in [1.29, 1.82) is 5.26 Å². The average Bonchev–Trinajstić information content (AvgIpc) is 2.48. The first-order chi connectivity index (χ1) is 10.9. The van der Waals surface area contributed by atoms with Gasteiger partial charge < -0.3 is 4.90 Å². The van der Waals surface area contributed by atoms with E-state index in [4.69, 9.17) is 5.26 Å². The Hall–Kier alpha value is -2.41. The number of nitriles is 1. The van der Waals surface area contributed by atoms with E-state index in [-0.39, 0.29) is 22.6 Å². The molecule has 1 fully saturated rings. The number of benzene rings is 1. The van der Waals surface area contributed by atoms with Gasteiger partial charge >= 0.3 is 0 Å². The molecule has 4 heteroatoms. The van der Waals surface area contributed by atoms with E-state index in [2.05, 4.69) is 6.07 Å². The maximum Gasteiger partial charge on any atom is 0.168 e. The Morgan fingerprint density at radius 2 is 1.78 bits per heavy atom. The molecule has 0 bridgehead atoms. The van der Waals surface area contributed by atoms with Gasteiger partial charge in [-0.2, -0.15) is 5.26 Å². The number of carbonyl (C=O) groups is 2. The van der Waals surface area contributed by atoms with E-state index in [0.717, 1.165) is 5.56 Å². The van der Waals surface area contributed by atoms with Crippen LogP contribution in [-0.2, 0) is 16.1 Å². The van der Waals surface area contributed by atoms with Crippen LogP contribution in [0.5, 0.6) is 0 Å². The molecule has 1 aliphatic carbocycles. The third-order valence-corrected chi connectivity index (χ3v) is 3.93. The molecule has 0 aliphatic heterocycles. The summed E-state index contributed by atoms with van der Waals surface area (Å²) < 4.78 is 0. The van der Waals surface area contributed by atoms with Gasteiger partial charge in [-0.1, -0.05) is 44.2 Å². The highest BCUT2D eigenvalue weighted by Crippen LogP contribution is 2.33. The standard InChI is InChI=1S/C19H22N2O2/c1-19(2)11-17(22)16(18(23)12-19)14-21(10-6-9-20)13-15-7-4-3-5-8-15/h3-5,7-8,14H,6,10-13H2,1-2H3. The van der Waals surface area contributed by atoms with Crippen molar-refractivity contribution >= 4 is 11.6 Å². The Kier molecular flexibility index (Phi) is 5.33. The van der Waals surface area contributed by atoms with Crippen LogP contribution in [0.1, 0.15) is 38.7 Å². The van der Waals surface area contributed by atoms with Crippen molar-refractivity contribution in [3.63, 3.8) is 0 Å². The predicted molar refractivity (Wildman–Crippen MR) is 88.2 cm³/mol. The summed E-state index contributed by atoms with van der Waals surface area (Å²) in [5.74, 6) is -0.192. The fraction of sp³-hybridized carbons (Fsp3) is 0.421. The Morgan fingerprint density at radius 1 is 1.17 bits per heavy atom. The zero-order chi connectivity index (χ0) is 16.9. The highest BCUT2D eigenvalue weighted by atomic mass is 16.2. The Morgan fingerprint density at radius 3 is 2.35 bits per heavy atom. The lowest BCUT2D eigenvalue weighted by molar-refractivity contribution is -0.127. The fourth-order valence-electron chi connectivity index (χ4n) is 2.81. The number of hydrogen-bond acceptors (Lipinski definition) is 4. The average molecular weight is 310 g/mol. The molecule has 1 aromatic rings. The monoisotopic (exact) mass is 310 g/mol. The number of nitrogens with zero attached hydrogens (tertiary/aromatic N) is 2. The van der Waals surface area contributed by atoms with Gasteiger partial charge in [-0.25, -0.2) is 0 Å². The van der Waals surface area contributed by atoms with Crippen molar-refractivity contribution in [2.45, 2.75) is 39.7 Å². The van der Waals surface area contributed by atoms with Crippen molar-refractivity contribution < 1.29 is 9.59 Å². The van der Waals surface area contributed by atoms with Crippen LogP contribution in [0, 0.1) is 16.7 Å². The molecular formula is C19H22N2O2. The maximum atomic E-state index is 12.3. The molecule has 0 atom stereocenters. The number of ketones is 2. The van der Waals surface area contributed by atoms with Gasteiger partial charge in [0, 0.05) is 32.1 Å². The van der Waals surface area contributed by atoms with Gasteiger partial charge in [-0.3, -0.25) is 9.59 Å². The first kappa shape index (κ1) is 17.0. The fourth-order valence-corrected chi connectivity index (χ4v) is 2.81. The van der Waals surface area contributed by atoms with Crippen LogP contribution in [0.2, 0.25) is 0 Å². The summed E-state index contributed by atoms with van der Waals surface area (Å²) in [6, 6.07) is 11.9. The van der Waals surface area contributed by atoms with Gasteiger partial charge in [-0.05, 0) is 11.0 Å². The van der Waals surface area contributed by atoms with Crippen LogP contribution in [0.3, 0.4) is 0 Å². The minimum Gasteiger partial charge on any atom is -0.371 e. The second-order valence-corrected chi connectivity index (χ2v) is 6.77. The molecule has 0 N–H and O–H groups in total. The SMILES string of the molecule is CC1(C)CC(=O)C(=CN(CCC#N)Cc2ccccc2)C(=O)C1. The van der Waals surface area contributed by atoms with Crippen molar-refractivity contribution in [1.82, 2.24) is 4.90 Å². The van der Waals surface area contributed by atoms with Gasteiger partial charge in [0.1, 0.15) is 0 Å². The van der Waals surface area contributed by atoms with Crippen LogP contribution in [0.4, 0.5) is 0 Å². The Bertz CT molecular complexity index is 632. The minimum absolute atomic E-state index is 0.0960. The molecule has 0 amide bonds. The second kappa shape index (κ2) is 7.23. The maximum absolute atomic E-state index is 12.3. The van der Waals surface area contributed by atoms with E-state index in [1.807, 2.05) is 49.1 Å². The highest BCUT2D eigenvalue weighted by molar-refractivity contribution is 6.22. The molecular weight excluding hydrogens is 288 g/mol. The van der Waals surface area contributed by atoms with E-state index < -0.39 is 0 Å². The summed E-state index contributed by atoms with van der Waals surface area (Å²) >= 11 is 0. The van der Waals surface area contributed by atoms with Crippen molar-refractivity contribution in [2.24, 2.45) is 5.41 Å². The first-order valence-corrected chi connectivity index (χ1v) is 7.84. The molecule has 120 valence electrons. The van der Waals surface area contributed by atoms with E-state index in [9.17, 15) is 9.59 Å². The minimum atomic E-state index is -0.261. The molecule has 0 heterocycles. The lowest BCUT2D eigenvalue weighted by Gasteiger charge is -2.30. The van der Waals surface area contributed by atoms with Crippen LogP contribution < -0.4 is 0 Å². The van der Waals surface area contributed by atoms with Gasteiger partial charge in [-0.15, -0.1) is 0 Å². The van der Waals surface area contributed by atoms with Crippen LogP contribution in [-0.4, -0.2) is 23.0 Å². The number of Topliss-reactive ketones (excluding diaryl/α,β-unsaturated/α-hetero) is 2. The van der Waals surface area contributed by atoms with Gasteiger partial charge in [0.15, 0.2) is 11.6 Å². The smallest absolute Gasteiger partial charge is 0.168 e. The zero-order valence-corrected chi connectivity index (χ0v) is 13.7. The summed E-state index contributed by atoms with van der Waals surface area (Å²) in [5, 5.41) is 8.83. The molecule has 23 heavy (non-hydrogen) atoms. The van der Waals surface area contributed by atoms with Crippen LogP contribution >= 0.6 is 0 Å². The van der Waals surface area contributed by atoms with E-state index in [1.54, 1.807) is 6.20 Å². The van der Waals surface area contributed by atoms with E-state index in [0.29, 0.717) is 32.4 Å². The third-order valence-electron chi connectivity index (χ3n) is 3.93. The molecule has 1 aromatic carbocycles. The normalized spacial score (nSPS) is 16.8.